The van der Waals surface area contributed by atoms with E-state index in [9.17, 15) is 24.8 Å². The van der Waals surface area contributed by atoms with E-state index in [1.165, 1.54) is 42.5 Å². The molecule has 0 radical (unpaired) electrons. The zero-order valence-corrected chi connectivity index (χ0v) is 12.7. The second-order valence-electron chi connectivity index (χ2n) is 4.93. The number of benzene rings is 2. The highest BCUT2D eigenvalue weighted by Crippen LogP contribution is 2.21. The fraction of sp³-hybridized carbons (Fsp3) is 0.125. The summed E-state index contributed by atoms with van der Waals surface area (Å²) in [5.41, 5.74) is 0.936. The number of ether oxygens (including phenoxy) is 1. The Bertz CT molecular complexity index is 803. The predicted molar refractivity (Wildman–Crippen MR) is 84.9 cm³/mol. The molecule has 2 rings (SSSR count). The van der Waals surface area contributed by atoms with Crippen molar-refractivity contribution in [2.24, 2.45) is 0 Å². The van der Waals surface area contributed by atoms with Crippen molar-refractivity contribution in [1.29, 1.82) is 0 Å². The van der Waals surface area contributed by atoms with Crippen LogP contribution >= 0.6 is 0 Å². The Morgan fingerprint density at radius 2 is 2.00 bits per heavy atom. The van der Waals surface area contributed by atoms with E-state index in [2.05, 4.69) is 5.32 Å². The molecule has 0 spiro atoms. The number of anilines is 1. The molecule has 0 bridgehead atoms. The number of aromatic hydroxyl groups is 1. The van der Waals surface area contributed by atoms with Gasteiger partial charge in [0.25, 0.3) is 11.6 Å². The Kier molecular flexibility index (Phi) is 5.10. The van der Waals surface area contributed by atoms with Crippen molar-refractivity contribution in [2.45, 2.75) is 6.92 Å². The van der Waals surface area contributed by atoms with Gasteiger partial charge in [-0.3, -0.25) is 14.9 Å². The van der Waals surface area contributed by atoms with E-state index in [0.29, 0.717) is 11.3 Å². The Balaban J connectivity index is 1.94. The lowest BCUT2D eigenvalue weighted by atomic mass is 10.2. The molecule has 0 saturated heterocycles. The lowest BCUT2D eigenvalue weighted by Crippen LogP contribution is -2.21. The molecule has 8 heteroatoms. The van der Waals surface area contributed by atoms with E-state index in [0.717, 1.165) is 0 Å². The molecular formula is C16H14N2O6. The first-order chi connectivity index (χ1) is 11.4. The van der Waals surface area contributed by atoms with Gasteiger partial charge in [0.15, 0.2) is 6.61 Å². The summed E-state index contributed by atoms with van der Waals surface area (Å²) in [6.07, 6.45) is 0. The third-order valence-corrected chi connectivity index (χ3v) is 3.11. The second kappa shape index (κ2) is 7.23. The van der Waals surface area contributed by atoms with Crippen molar-refractivity contribution >= 4 is 23.3 Å². The van der Waals surface area contributed by atoms with Gasteiger partial charge in [-0.1, -0.05) is 6.07 Å². The van der Waals surface area contributed by atoms with Crippen molar-refractivity contribution in [1.82, 2.24) is 0 Å². The first-order valence-corrected chi connectivity index (χ1v) is 6.88. The van der Waals surface area contributed by atoms with Gasteiger partial charge < -0.3 is 15.2 Å². The van der Waals surface area contributed by atoms with E-state index in [1.54, 1.807) is 6.92 Å². The van der Waals surface area contributed by atoms with E-state index in [1.807, 2.05) is 0 Å². The number of aryl methyl sites for hydroxylation is 1. The molecule has 0 heterocycles. The average Bonchev–Trinajstić information content (AvgIpc) is 2.54. The summed E-state index contributed by atoms with van der Waals surface area (Å²) in [5.74, 6) is -1.42. The number of carbonyl (C=O) groups is 2. The van der Waals surface area contributed by atoms with Crippen LogP contribution in [-0.4, -0.2) is 28.5 Å². The number of esters is 1. The number of rotatable bonds is 5. The van der Waals surface area contributed by atoms with Gasteiger partial charge in [0.2, 0.25) is 0 Å². The van der Waals surface area contributed by atoms with Crippen LogP contribution in [0.2, 0.25) is 0 Å². The first kappa shape index (κ1) is 16.9. The smallest absolute Gasteiger partial charge is 0.338 e. The number of hydrogen-bond acceptors (Lipinski definition) is 6. The van der Waals surface area contributed by atoms with E-state index in [-0.39, 0.29) is 17.0 Å². The maximum absolute atomic E-state index is 11.8. The Hall–Kier alpha value is -3.42. The molecule has 1 amide bonds. The number of nitrogens with one attached hydrogen (secondary N) is 1. The summed E-state index contributed by atoms with van der Waals surface area (Å²) >= 11 is 0. The number of amides is 1. The van der Waals surface area contributed by atoms with Gasteiger partial charge in [-0.2, -0.15) is 0 Å². The van der Waals surface area contributed by atoms with Crippen LogP contribution in [0.15, 0.2) is 42.5 Å². The number of phenols is 1. The maximum atomic E-state index is 11.8. The third-order valence-electron chi connectivity index (χ3n) is 3.11. The Labute approximate surface area is 136 Å². The SMILES string of the molecule is Cc1cc([N+](=O)[O-])ccc1NC(=O)COC(=O)c1cccc(O)c1. The molecule has 0 atom stereocenters. The number of nitro benzene ring substituents is 1. The second-order valence-corrected chi connectivity index (χ2v) is 4.93. The summed E-state index contributed by atoms with van der Waals surface area (Å²) in [6.45, 7) is 1.09. The molecule has 0 saturated carbocycles. The van der Waals surface area contributed by atoms with Crippen LogP contribution < -0.4 is 5.32 Å². The fourth-order valence-corrected chi connectivity index (χ4v) is 1.94. The average molecular weight is 330 g/mol. The van der Waals surface area contributed by atoms with E-state index >= 15 is 0 Å². The normalized spacial score (nSPS) is 10.0. The number of nitrogens with zero attached hydrogens (tertiary/aromatic N) is 1. The largest absolute Gasteiger partial charge is 0.508 e. The standard InChI is InChI=1S/C16H14N2O6/c1-10-7-12(18(22)23)5-6-14(10)17-15(20)9-24-16(21)11-3-2-4-13(19)8-11/h2-8,19H,9H2,1H3,(H,17,20). The minimum Gasteiger partial charge on any atom is -0.508 e. The van der Waals surface area contributed by atoms with Crippen molar-refractivity contribution in [2.75, 3.05) is 11.9 Å². The molecule has 0 aromatic heterocycles. The first-order valence-electron chi connectivity index (χ1n) is 6.88. The monoisotopic (exact) mass is 330 g/mol. The number of nitro groups is 1. The highest BCUT2D eigenvalue weighted by molar-refractivity contribution is 5.96. The molecule has 0 unspecified atom stereocenters. The maximum Gasteiger partial charge on any atom is 0.338 e. The molecule has 124 valence electrons. The number of phenolic OH excluding ortho intramolecular Hbond substituents is 1. The lowest BCUT2D eigenvalue weighted by Gasteiger charge is -2.09. The molecule has 0 fully saturated rings. The van der Waals surface area contributed by atoms with Crippen molar-refractivity contribution in [3.05, 3.63) is 63.7 Å². The van der Waals surface area contributed by atoms with E-state index < -0.39 is 23.4 Å². The molecular weight excluding hydrogens is 316 g/mol. The third kappa shape index (κ3) is 4.29. The van der Waals surface area contributed by atoms with Gasteiger partial charge >= 0.3 is 5.97 Å². The minimum absolute atomic E-state index is 0.0826. The summed E-state index contributed by atoms with van der Waals surface area (Å²) in [4.78, 5) is 33.7. The summed E-state index contributed by atoms with van der Waals surface area (Å²) in [5, 5.41) is 22.5. The molecule has 2 N–H and O–H groups in total. The quantitative estimate of drug-likeness (QED) is 0.493. The molecule has 0 aliphatic carbocycles. The number of carbonyl (C=O) groups excluding carboxylic acids is 2. The van der Waals surface area contributed by atoms with Crippen molar-refractivity contribution in [3.63, 3.8) is 0 Å². The summed E-state index contributed by atoms with van der Waals surface area (Å²) < 4.78 is 4.85. The van der Waals surface area contributed by atoms with Crippen LogP contribution in [0.1, 0.15) is 15.9 Å². The number of non-ortho nitro benzene ring substituents is 1. The van der Waals surface area contributed by atoms with Gasteiger partial charge in [-0.15, -0.1) is 0 Å². The zero-order valence-electron chi connectivity index (χ0n) is 12.7. The van der Waals surface area contributed by atoms with Crippen LogP contribution in [0, 0.1) is 17.0 Å². The molecule has 2 aromatic rings. The molecule has 24 heavy (non-hydrogen) atoms. The van der Waals surface area contributed by atoms with Crippen LogP contribution in [0.25, 0.3) is 0 Å². The fourth-order valence-electron chi connectivity index (χ4n) is 1.94. The van der Waals surface area contributed by atoms with E-state index in [4.69, 9.17) is 4.74 Å². The Morgan fingerprint density at radius 1 is 1.25 bits per heavy atom. The molecule has 8 nitrogen and oxygen atoms in total. The molecule has 2 aromatic carbocycles. The molecule has 0 aliphatic rings. The van der Waals surface area contributed by atoms with Crippen LogP contribution in [0.3, 0.4) is 0 Å². The van der Waals surface area contributed by atoms with Gasteiger partial charge in [-0.25, -0.2) is 4.79 Å². The summed E-state index contributed by atoms with van der Waals surface area (Å²) in [6, 6.07) is 9.55. The topological polar surface area (TPSA) is 119 Å². The van der Waals surface area contributed by atoms with Crippen LogP contribution in [-0.2, 0) is 9.53 Å². The lowest BCUT2D eigenvalue weighted by molar-refractivity contribution is -0.384. The molecule has 0 aliphatic heterocycles. The van der Waals surface area contributed by atoms with Gasteiger partial charge in [0.1, 0.15) is 5.75 Å². The van der Waals surface area contributed by atoms with Gasteiger partial charge in [0.05, 0.1) is 10.5 Å². The zero-order chi connectivity index (χ0) is 17.7. The van der Waals surface area contributed by atoms with Crippen LogP contribution in [0.5, 0.6) is 5.75 Å². The highest BCUT2D eigenvalue weighted by Gasteiger charge is 2.13. The van der Waals surface area contributed by atoms with Crippen LogP contribution in [0.4, 0.5) is 11.4 Å². The van der Waals surface area contributed by atoms with Crippen molar-refractivity contribution < 1.29 is 24.4 Å². The van der Waals surface area contributed by atoms with Gasteiger partial charge in [-0.05, 0) is 36.8 Å². The highest BCUT2D eigenvalue weighted by atomic mass is 16.6. The number of hydrogen-bond donors (Lipinski definition) is 2. The summed E-state index contributed by atoms with van der Waals surface area (Å²) in [7, 11) is 0. The Morgan fingerprint density at radius 3 is 2.62 bits per heavy atom. The predicted octanol–water partition coefficient (Wildman–Crippen LogP) is 2.40. The minimum atomic E-state index is -0.749. The van der Waals surface area contributed by atoms with Gasteiger partial charge in [0, 0.05) is 17.8 Å². The van der Waals surface area contributed by atoms with Crippen molar-refractivity contribution in [3.8, 4) is 5.75 Å².